The van der Waals surface area contributed by atoms with Crippen LogP contribution in [-0.4, -0.2) is 40.0 Å². The first-order valence-electron chi connectivity index (χ1n) is 9.05. The van der Waals surface area contributed by atoms with Crippen LogP contribution in [0.25, 0.3) is 0 Å². The Morgan fingerprint density at radius 1 is 1.07 bits per heavy atom. The zero-order valence-corrected chi connectivity index (χ0v) is 16.3. The van der Waals surface area contributed by atoms with Gasteiger partial charge in [0.15, 0.2) is 0 Å². The van der Waals surface area contributed by atoms with Gasteiger partial charge in [-0.05, 0) is 56.2 Å². The number of non-ortho nitro benzene ring substituents is 1. The first kappa shape index (κ1) is 19.9. The lowest BCUT2D eigenvalue weighted by molar-refractivity contribution is -0.384. The summed E-state index contributed by atoms with van der Waals surface area (Å²) in [6, 6.07) is 13.0. The summed E-state index contributed by atoms with van der Waals surface area (Å²) in [4.78, 5) is 37.6. The van der Waals surface area contributed by atoms with Crippen LogP contribution < -0.4 is 5.32 Å². The van der Waals surface area contributed by atoms with Crippen molar-refractivity contribution in [1.82, 2.24) is 4.90 Å². The minimum atomic E-state index is -0.456. The third kappa shape index (κ3) is 4.89. The van der Waals surface area contributed by atoms with E-state index < -0.39 is 4.92 Å². The van der Waals surface area contributed by atoms with E-state index in [0.717, 1.165) is 30.8 Å². The number of likely N-dealkylation sites (tertiary alicyclic amines) is 1. The molecule has 146 valence electrons. The number of carbonyl (C=O) groups is 2. The summed E-state index contributed by atoms with van der Waals surface area (Å²) in [7, 11) is 0. The Hall–Kier alpha value is -2.87. The highest BCUT2D eigenvalue weighted by atomic mass is 32.2. The van der Waals surface area contributed by atoms with Crippen LogP contribution in [-0.2, 0) is 4.79 Å². The highest BCUT2D eigenvalue weighted by Gasteiger charge is 2.20. The van der Waals surface area contributed by atoms with Crippen LogP contribution in [0.3, 0.4) is 0 Å². The maximum atomic E-state index is 12.4. The van der Waals surface area contributed by atoms with Crippen LogP contribution in [0.1, 0.15) is 30.1 Å². The molecule has 0 aromatic heterocycles. The van der Waals surface area contributed by atoms with Gasteiger partial charge in [0.05, 0.1) is 10.2 Å². The molecule has 8 heteroatoms. The van der Waals surface area contributed by atoms with Gasteiger partial charge >= 0.3 is 0 Å². The van der Waals surface area contributed by atoms with Crippen molar-refractivity contribution < 1.29 is 14.5 Å². The van der Waals surface area contributed by atoms with Crippen molar-refractivity contribution in [3.05, 3.63) is 64.2 Å². The minimum absolute atomic E-state index is 0.0185. The molecule has 0 spiro atoms. The highest BCUT2D eigenvalue weighted by molar-refractivity contribution is 8.00. The number of rotatable bonds is 6. The molecule has 0 bridgehead atoms. The molecule has 2 aromatic rings. The second-order valence-electron chi connectivity index (χ2n) is 6.58. The molecule has 28 heavy (non-hydrogen) atoms. The molecular weight excluding hydrogens is 378 g/mol. The Kier molecular flexibility index (Phi) is 6.30. The number of hydrogen-bond donors (Lipinski definition) is 1. The zero-order valence-electron chi connectivity index (χ0n) is 15.5. The number of carbonyl (C=O) groups excluding carboxylic acids is 2. The van der Waals surface area contributed by atoms with Crippen LogP contribution in [0.15, 0.2) is 53.4 Å². The predicted molar refractivity (Wildman–Crippen MR) is 109 cm³/mol. The second-order valence-corrected chi connectivity index (χ2v) is 7.99. The minimum Gasteiger partial charge on any atom is -0.339 e. The molecule has 2 aromatic carbocycles. The molecule has 1 unspecified atom stereocenters. The number of anilines is 1. The Bertz CT molecular complexity index is 862. The average molecular weight is 399 g/mol. The van der Waals surface area contributed by atoms with E-state index in [1.165, 1.54) is 23.9 Å². The average Bonchev–Trinajstić information content (AvgIpc) is 3.23. The number of nitrogens with one attached hydrogen (secondary N) is 1. The zero-order chi connectivity index (χ0) is 20.1. The quantitative estimate of drug-likeness (QED) is 0.451. The summed E-state index contributed by atoms with van der Waals surface area (Å²) >= 11 is 1.32. The van der Waals surface area contributed by atoms with Crippen molar-refractivity contribution in [2.75, 3.05) is 18.4 Å². The van der Waals surface area contributed by atoms with Crippen molar-refractivity contribution in [2.45, 2.75) is 29.9 Å². The first-order valence-corrected chi connectivity index (χ1v) is 9.93. The number of hydrogen-bond acceptors (Lipinski definition) is 5. The monoisotopic (exact) mass is 399 g/mol. The third-order valence-electron chi connectivity index (χ3n) is 4.52. The number of benzene rings is 2. The summed E-state index contributed by atoms with van der Waals surface area (Å²) in [6.07, 6.45) is 2.09. The maximum absolute atomic E-state index is 12.4. The van der Waals surface area contributed by atoms with Gasteiger partial charge in [-0.1, -0.05) is 0 Å². The third-order valence-corrected chi connectivity index (χ3v) is 5.63. The molecule has 2 amide bonds. The number of nitro groups is 1. The van der Waals surface area contributed by atoms with Crippen molar-refractivity contribution in [3.8, 4) is 0 Å². The largest absolute Gasteiger partial charge is 0.339 e. The summed E-state index contributed by atoms with van der Waals surface area (Å²) < 4.78 is 0. The molecule has 1 aliphatic heterocycles. The van der Waals surface area contributed by atoms with Crippen molar-refractivity contribution in [1.29, 1.82) is 0 Å². The molecule has 0 aliphatic carbocycles. The van der Waals surface area contributed by atoms with Gasteiger partial charge in [-0.3, -0.25) is 19.7 Å². The van der Waals surface area contributed by atoms with Crippen LogP contribution in [0, 0.1) is 10.1 Å². The molecule has 7 nitrogen and oxygen atoms in total. The van der Waals surface area contributed by atoms with E-state index in [4.69, 9.17) is 0 Å². The summed E-state index contributed by atoms with van der Waals surface area (Å²) in [5.41, 5.74) is 1.26. The Labute approximate surface area is 167 Å². The fourth-order valence-electron chi connectivity index (χ4n) is 2.95. The van der Waals surface area contributed by atoms with Gasteiger partial charge < -0.3 is 10.2 Å². The molecule has 1 saturated heterocycles. The van der Waals surface area contributed by atoms with E-state index >= 15 is 0 Å². The SMILES string of the molecule is CC(Sc1ccc([N+](=O)[O-])cc1)C(=O)Nc1ccc(C(=O)N2CCCC2)cc1. The van der Waals surface area contributed by atoms with E-state index in [-0.39, 0.29) is 22.8 Å². The topological polar surface area (TPSA) is 92.5 Å². The van der Waals surface area contributed by atoms with Crippen molar-refractivity contribution in [3.63, 3.8) is 0 Å². The molecule has 0 saturated carbocycles. The fraction of sp³-hybridized carbons (Fsp3) is 0.300. The van der Waals surface area contributed by atoms with Crippen LogP contribution in [0.4, 0.5) is 11.4 Å². The normalized spacial score (nSPS) is 14.5. The fourth-order valence-corrected chi connectivity index (χ4v) is 3.81. The van der Waals surface area contributed by atoms with E-state index in [1.807, 2.05) is 4.90 Å². The lowest BCUT2D eigenvalue weighted by Gasteiger charge is -2.16. The summed E-state index contributed by atoms with van der Waals surface area (Å²) in [5.74, 6) is -0.153. The van der Waals surface area contributed by atoms with Gasteiger partial charge in [-0.15, -0.1) is 11.8 Å². The lowest BCUT2D eigenvalue weighted by Crippen LogP contribution is -2.27. The summed E-state index contributed by atoms with van der Waals surface area (Å²) in [5, 5.41) is 13.1. The van der Waals surface area contributed by atoms with Crippen LogP contribution >= 0.6 is 11.8 Å². The molecule has 1 atom stereocenters. The summed E-state index contributed by atoms with van der Waals surface area (Å²) in [6.45, 7) is 3.37. The van der Waals surface area contributed by atoms with Gasteiger partial charge in [0.25, 0.3) is 11.6 Å². The Morgan fingerprint density at radius 3 is 2.25 bits per heavy atom. The smallest absolute Gasteiger partial charge is 0.269 e. The number of thioether (sulfide) groups is 1. The predicted octanol–water partition coefficient (Wildman–Crippen LogP) is 3.95. The van der Waals surface area contributed by atoms with Crippen LogP contribution in [0.2, 0.25) is 0 Å². The molecule has 1 aliphatic rings. The van der Waals surface area contributed by atoms with E-state index in [9.17, 15) is 19.7 Å². The molecule has 1 heterocycles. The standard InChI is InChI=1S/C20H21N3O4S/c1-14(28-18-10-8-17(9-11-18)23(26)27)19(24)21-16-6-4-15(5-7-16)20(25)22-12-2-3-13-22/h4-11,14H,2-3,12-13H2,1H3,(H,21,24). The van der Waals surface area contributed by atoms with E-state index in [2.05, 4.69) is 5.32 Å². The molecular formula is C20H21N3O4S. The Balaban J connectivity index is 1.56. The van der Waals surface area contributed by atoms with Gasteiger partial charge in [-0.2, -0.15) is 0 Å². The molecule has 0 radical (unpaired) electrons. The molecule has 3 rings (SSSR count). The number of nitro benzene ring substituents is 1. The first-order chi connectivity index (χ1) is 13.4. The van der Waals surface area contributed by atoms with Gasteiger partial charge in [0.1, 0.15) is 0 Å². The number of nitrogens with zero attached hydrogens (tertiary/aromatic N) is 2. The number of amides is 2. The van der Waals surface area contributed by atoms with Crippen molar-refractivity contribution in [2.24, 2.45) is 0 Å². The molecule has 1 N–H and O–H groups in total. The van der Waals surface area contributed by atoms with Crippen LogP contribution in [0.5, 0.6) is 0 Å². The van der Waals surface area contributed by atoms with Gasteiger partial charge in [0, 0.05) is 41.4 Å². The maximum Gasteiger partial charge on any atom is 0.269 e. The van der Waals surface area contributed by atoms with Gasteiger partial charge in [-0.25, -0.2) is 0 Å². The van der Waals surface area contributed by atoms with E-state index in [1.54, 1.807) is 43.3 Å². The second kappa shape index (κ2) is 8.88. The molecule has 1 fully saturated rings. The van der Waals surface area contributed by atoms with Crippen molar-refractivity contribution >= 4 is 35.0 Å². The van der Waals surface area contributed by atoms with E-state index in [0.29, 0.717) is 11.3 Å². The van der Waals surface area contributed by atoms with Gasteiger partial charge in [0.2, 0.25) is 5.91 Å². The lowest BCUT2D eigenvalue weighted by atomic mass is 10.2. The highest BCUT2D eigenvalue weighted by Crippen LogP contribution is 2.26. The Morgan fingerprint density at radius 2 is 1.68 bits per heavy atom.